The van der Waals surface area contributed by atoms with Crippen molar-refractivity contribution in [2.75, 3.05) is 5.32 Å². The highest BCUT2D eigenvalue weighted by atomic mass is 16.4. The third-order valence-corrected chi connectivity index (χ3v) is 3.44. The maximum atomic E-state index is 11.4. The van der Waals surface area contributed by atoms with E-state index in [1.54, 1.807) is 4.68 Å². The van der Waals surface area contributed by atoms with Gasteiger partial charge < -0.3 is 10.4 Å². The first-order chi connectivity index (χ1) is 9.20. The third-order valence-electron chi connectivity index (χ3n) is 3.44. The Labute approximate surface area is 110 Å². The van der Waals surface area contributed by atoms with E-state index in [0.29, 0.717) is 30.0 Å². The minimum atomic E-state index is -0.917. The fourth-order valence-corrected chi connectivity index (χ4v) is 2.52. The number of benzene rings is 1. The molecule has 5 nitrogen and oxygen atoms in total. The topological polar surface area (TPSA) is 67.2 Å². The summed E-state index contributed by atoms with van der Waals surface area (Å²) < 4.78 is 1.76. The van der Waals surface area contributed by atoms with E-state index in [2.05, 4.69) is 10.4 Å². The summed E-state index contributed by atoms with van der Waals surface area (Å²) in [6.07, 6.45) is 0.624. The van der Waals surface area contributed by atoms with Crippen LogP contribution in [0.1, 0.15) is 34.6 Å². The highest BCUT2D eigenvalue weighted by Crippen LogP contribution is 2.33. The number of carbonyl (C=O) groups is 1. The number of aryl methyl sites for hydroxylation is 1. The predicted octanol–water partition coefficient (Wildman–Crippen LogP) is 2.31. The molecule has 0 fully saturated rings. The Hall–Kier alpha value is -2.30. The molecular weight excluding hydrogens is 242 g/mol. The Morgan fingerprint density at radius 2 is 2.21 bits per heavy atom. The average molecular weight is 257 g/mol. The van der Waals surface area contributed by atoms with Crippen molar-refractivity contribution in [1.82, 2.24) is 9.78 Å². The number of aromatic carboxylic acids is 1. The molecule has 1 atom stereocenters. The average Bonchev–Trinajstić information content (AvgIpc) is 2.95. The van der Waals surface area contributed by atoms with Crippen molar-refractivity contribution in [3.63, 3.8) is 0 Å². The molecule has 2 N–H and O–H groups in total. The second-order valence-corrected chi connectivity index (χ2v) is 4.62. The van der Waals surface area contributed by atoms with Crippen LogP contribution in [-0.4, -0.2) is 20.9 Å². The first-order valence-electron chi connectivity index (χ1n) is 6.35. The molecule has 98 valence electrons. The molecule has 0 bridgehead atoms. The Morgan fingerprint density at radius 1 is 1.47 bits per heavy atom. The molecule has 3 rings (SSSR count). The zero-order chi connectivity index (χ0) is 13.4. The summed E-state index contributed by atoms with van der Waals surface area (Å²) in [6.45, 7) is 2.58. The van der Waals surface area contributed by atoms with Crippen LogP contribution in [0.4, 0.5) is 5.82 Å². The molecule has 1 aliphatic rings. The largest absolute Gasteiger partial charge is 0.477 e. The standard InChI is InChI=1S/C14H15N3O2/c1-2-10-12(14(18)19)13-15-11(8-17(13)16-10)9-6-4-3-5-7-9/h3-7,11,15H,2,8H2,1H3,(H,18,19)/t11-/m1/s1. The number of nitrogens with one attached hydrogen (secondary N) is 1. The summed E-state index contributed by atoms with van der Waals surface area (Å²) in [5.41, 5.74) is 2.09. The van der Waals surface area contributed by atoms with E-state index in [4.69, 9.17) is 0 Å². The SMILES string of the molecule is CCc1nn2c(c1C(=O)O)N[C@@H](c1ccccc1)C2. The number of fused-ring (bicyclic) bond motifs is 1. The van der Waals surface area contributed by atoms with Crippen molar-refractivity contribution in [3.8, 4) is 0 Å². The van der Waals surface area contributed by atoms with Crippen LogP contribution in [0.15, 0.2) is 30.3 Å². The van der Waals surface area contributed by atoms with E-state index in [9.17, 15) is 9.90 Å². The van der Waals surface area contributed by atoms with Gasteiger partial charge in [0.25, 0.3) is 0 Å². The van der Waals surface area contributed by atoms with E-state index in [0.717, 1.165) is 5.56 Å². The van der Waals surface area contributed by atoms with Gasteiger partial charge in [0, 0.05) is 0 Å². The molecule has 0 spiro atoms. The fourth-order valence-electron chi connectivity index (χ4n) is 2.52. The van der Waals surface area contributed by atoms with Crippen LogP contribution in [0.25, 0.3) is 0 Å². The van der Waals surface area contributed by atoms with Crippen molar-refractivity contribution in [2.45, 2.75) is 25.9 Å². The van der Waals surface area contributed by atoms with Gasteiger partial charge in [-0.2, -0.15) is 5.10 Å². The number of aromatic nitrogens is 2. The van der Waals surface area contributed by atoms with Crippen LogP contribution < -0.4 is 5.32 Å². The Bertz CT molecular complexity index is 619. The monoisotopic (exact) mass is 257 g/mol. The molecule has 0 unspecified atom stereocenters. The smallest absolute Gasteiger partial charge is 0.341 e. The molecule has 0 saturated carbocycles. The number of anilines is 1. The van der Waals surface area contributed by atoms with Gasteiger partial charge in [0.15, 0.2) is 0 Å². The van der Waals surface area contributed by atoms with E-state index in [1.807, 2.05) is 37.3 Å². The minimum absolute atomic E-state index is 0.0905. The van der Waals surface area contributed by atoms with Crippen molar-refractivity contribution >= 4 is 11.8 Å². The molecule has 0 aliphatic carbocycles. The van der Waals surface area contributed by atoms with Gasteiger partial charge in [-0.25, -0.2) is 9.48 Å². The molecule has 1 aromatic heterocycles. The number of hydrogen-bond donors (Lipinski definition) is 2. The van der Waals surface area contributed by atoms with Gasteiger partial charge in [-0.3, -0.25) is 0 Å². The highest BCUT2D eigenvalue weighted by molar-refractivity contribution is 5.95. The lowest BCUT2D eigenvalue weighted by Gasteiger charge is -2.11. The molecule has 2 heterocycles. The summed E-state index contributed by atoms with van der Waals surface area (Å²) in [4.78, 5) is 11.4. The first kappa shape index (κ1) is 11.8. The van der Waals surface area contributed by atoms with Crippen molar-refractivity contribution < 1.29 is 9.90 Å². The van der Waals surface area contributed by atoms with Crippen molar-refractivity contribution in [1.29, 1.82) is 0 Å². The number of carboxylic acids is 1. The van der Waals surface area contributed by atoms with Crippen LogP contribution >= 0.6 is 0 Å². The summed E-state index contributed by atoms with van der Waals surface area (Å²) in [5, 5.41) is 17.0. The van der Waals surface area contributed by atoms with Gasteiger partial charge in [-0.1, -0.05) is 37.3 Å². The molecule has 19 heavy (non-hydrogen) atoms. The van der Waals surface area contributed by atoms with Gasteiger partial charge in [0.2, 0.25) is 0 Å². The minimum Gasteiger partial charge on any atom is -0.477 e. The lowest BCUT2D eigenvalue weighted by Crippen LogP contribution is -2.10. The van der Waals surface area contributed by atoms with Crippen LogP contribution in [0.3, 0.4) is 0 Å². The summed E-state index contributed by atoms with van der Waals surface area (Å²) in [5.74, 6) is -0.294. The lowest BCUT2D eigenvalue weighted by molar-refractivity contribution is 0.0697. The van der Waals surface area contributed by atoms with Crippen LogP contribution in [0.2, 0.25) is 0 Å². The first-order valence-corrected chi connectivity index (χ1v) is 6.35. The third kappa shape index (κ3) is 1.87. The fraction of sp³-hybridized carbons (Fsp3) is 0.286. The maximum absolute atomic E-state index is 11.4. The van der Waals surface area contributed by atoms with Crippen LogP contribution in [0.5, 0.6) is 0 Å². The molecule has 0 radical (unpaired) electrons. The molecule has 1 aliphatic heterocycles. The summed E-state index contributed by atoms with van der Waals surface area (Å²) in [6, 6.07) is 10.1. The molecule has 1 aromatic carbocycles. The second kappa shape index (κ2) is 4.42. The van der Waals surface area contributed by atoms with Gasteiger partial charge >= 0.3 is 5.97 Å². The lowest BCUT2D eigenvalue weighted by atomic mass is 10.1. The van der Waals surface area contributed by atoms with E-state index >= 15 is 0 Å². The van der Waals surface area contributed by atoms with Crippen molar-refractivity contribution in [3.05, 3.63) is 47.2 Å². The number of carboxylic acid groups (broad SMARTS) is 1. The molecule has 5 heteroatoms. The Balaban J connectivity index is 1.95. The maximum Gasteiger partial charge on any atom is 0.341 e. The summed E-state index contributed by atoms with van der Waals surface area (Å²) in [7, 11) is 0. The van der Waals surface area contributed by atoms with E-state index in [1.165, 1.54) is 0 Å². The van der Waals surface area contributed by atoms with Gasteiger partial charge in [-0.05, 0) is 12.0 Å². The second-order valence-electron chi connectivity index (χ2n) is 4.62. The van der Waals surface area contributed by atoms with Crippen molar-refractivity contribution in [2.24, 2.45) is 0 Å². The van der Waals surface area contributed by atoms with E-state index in [-0.39, 0.29) is 6.04 Å². The quantitative estimate of drug-likeness (QED) is 0.885. The van der Waals surface area contributed by atoms with Gasteiger partial charge in [-0.15, -0.1) is 0 Å². The molecular formula is C14H15N3O2. The van der Waals surface area contributed by atoms with Gasteiger partial charge in [0.05, 0.1) is 18.3 Å². The normalized spacial score (nSPS) is 17.0. The van der Waals surface area contributed by atoms with Gasteiger partial charge in [0.1, 0.15) is 11.4 Å². The van der Waals surface area contributed by atoms with Crippen LogP contribution in [-0.2, 0) is 13.0 Å². The number of hydrogen-bond acceptors (Lipinski definition) is 3. The highest BCUT2D eigenvalue weighted by Gasteiger charge is 2.30. The number of nitrogens with zero attached hydrogens (tertiary/aromatic N) is 2. The zero-order valence-electron chi connectivity index (χ0n) is 10.6. The van der Waals surface area contributed by atoms with E-state index < -0.39 is 5.97 Å². The number of rotatable bonds is 3. The Morgan fingerprint density at radius 3 is 2.84 bits per heavy atom. The Kier molecular flexibility index (Phi) is 2.74. The molecule has 2 aromatic rings. The predicted molar refractivity (Wildman–Crippen MR) is 71.4 cm³/mol. The zero-order valence-corrected chi connectivity index (χ0v) is 10.6. The summed E-state index contributed by atoms with van der Waals surface area (Å²) >= 11 is 0. The van der Waals surface area contributed by atoms with Crippen LogP contribution in [0, 0.1) is 0 Å². The molecule has 0 amide bonds. The molecule has 0 saturated heterocycles.